The van der Waals surface area contributed by atoms with Crippen LogP contribution in [0, 0.1) is 6.92 Å². The molecule has 1 N–H and O–H groups in total. The van der Waals surface area contributed by atoms with Crippen molar-refractivity contribution >= 4 is 22.5 Å². The molecule has 0 atom stereocenters. The summed E-state index contributed by atoms with van der Waals surface area (Å²) in [5, 5.41) is 16.8. The van der Waals surface area contributed by atoms with E-state index >= 15 is 0 Å². The lowest BCUT2D eigenvalue weighted by Gasteiger charge is -2.10. The molecule has 4 heterocycles. The Bertz CT molecular complexity index is 1460. The summed E-state index contributed by atoms with van der Waals surface area (Å²) >= 11 is 0. The van der Waals surface area contributed by atoms with Gasteiger partial charge in [-0.2, -0.15) is 15.3 Å². The molecular formula is C24H24N8O. The zero-order valence-corrected chi connectivity index (χ0v) is 18.7. The summed E-state index contributed by atoms with van der Waals surface area (Å²) in [6, 6.07) is 9.47. The van der Waals surface area contributed by atoms with E-state index in [9.17, 15) is 4.79 Å². The second-order valence-electron chi connectivity index (χ2n) is 7.92. The first-order chi connectivity index (χ1) is 16.0. The molecule has 5 rings (SSSR count). The van der Waals surface area contributed by atoms with E-state index in [-0.39, 0.29) is 5.91 Å². The number of hydrogen-bond donors (Lipinski definition) is 1. The summed E-state index contributed by atoms with van der Waals surface area (Å²) in [4.78, 5) is 18.1. The van der Waals surface area contributed by atoms with Crippen molar-refractivity contribution in [1.82, 2.24) is 34.3 Å². The van der Waals surface area contributed by atoms with Gasteiger partial charge in [0.25, 0.3) is 5.91 Å². The third-order valence-corrected chi connectivity index (χ3v) is 5.72. The molecule has 0 aliphatic heterocycles. The number of carbonyl (C=O) groups excluding carboxylic acids is 1. The minimum Gasteiger partial charge on any atom is -0.319 e. The molecule has 5 aromatic rings. The zero-order valence-electron chi connectivity index (χ0n) is 18.7. The molecule has 0 fully saturated rings. The van der Waals surface area contributed by atoms with Gasteiger partial charge in [0.2, 0.25) is 0 Å². The van der Waals surface area contributed by atoms with Crippen molar-refractivity contribution in [3.8, 4) is 11.3 Å². The highest BCUT2D eigenvalue weighted by Crippen LogP contribution is 2.27. The van der Waals surface area contributed by atoms with Gasteiger partial charge in [0.1, 0.15) is 0 Å². The molecule has 166 valence electrons. The van der Waals surface area contributed by atoms with Gasteiger partial charge in [-0.1, -0.05) is 18.2 Å². The average Bonchev–Trinajstić information content (AvgIpc) is 3.55. The summed E-state index contributed by atoms with van der Waals surface area (Å²) in [5.41, 5.74) is 5.59. The highest BCUT2D eigenvalue weighted by Gasteiger charge is 2.17. The standard InChI is InChI=1S/C24H24N8O/c1-4-31-13-17(10-26-31)14-32-15-18(11-27-32)28-24(33)20-9-23(21-12-25-30(3)16(21)2)29-22-8-6-5-7-19(20)22/h5-13,15H,4,14H2,1-3H3,(H,28,33). The van der Waals surface area contributed by atoms with E-state index < -0.39 is 0 Å². The summed E-state index contributed by atoms with van der Waals surface area (Å²) in [7, 11) is 1.89. The van der Waals surface area contributed by atoms with Crippen molar-refractivity contribution in [2.24, 2.45) is 7.05 Å². The van der Waals surface area contributed by atoms with Crippen LogP contribution in [0.3, 0.4) is 0 Å². The SMILES string of the molecule is CCn1cc(Cn2cc(NC(=O)c3cc(-c4cnn(C)c4C)nc4ccccc34)cn2)cn1. The number of rotatable bonds is 6. The number of para-hydroxylation sites is 1. The maximum atomic E-state index is 13.3. The van der Waals surface area contributed by atoms with E-state index in [2.05, 4.69) is 20.6 Å². The monoisotopic (exact) mass is 440 g/mol. The van der Waals surface area contributed by atoms with Crippen LogP contribution in [0.25, 0.3) is 22.2 Å². The lowest BCUT2D eigenvalue weighted by molar-refractivity contribution is 0.102. The first kappa shape index (κ1) is 20.6. The number of aryl methyl sites for hydroxylation is 2. The first-order valence-electron chi connectivity index (χ1n) is 10.8. The molecule has 33 heavy (non-hydrogen) atoms. The number of fused-ring (bicyclic) bond motifs is 1. The van der Waals surface area contributed by atoms with Crippen LogP contribution in [0.15, 0.2) is 61.3 Å². The van der Waals surface area contributed by atoms with Gasteiger partial charge in [-0.25, -0.2) is 4.98 Å². The predicted molar refractivity (Wildman–Crippen MR) is 126 cm³/mol. The quantitative estimate of drug-likeness (QED) is 0.435. The van der Waals surface area contributed by atoms with Crippen LogP contribution in [0.2, 0.25) is 0 Å². The molecule has 0 aliphatic carbocycles. The van der Waals surface area contributed by atoms with Crippen molar-refractivity contribution in [2.45, 2.75) is 26.9 Å². The van der Waals surface area contributed by atoms with Crippen LogP contribution in [0.1, 0.15) is 28.5 Å². The second kappa shape index (κ2) is 8.34. The molecule has 0 saturated carbocycles. The van der Waals surface area contributed by atoms with Gasteiger partial charge >= 0.3 is 0 Å². The third kappa shape index (κ3) is 4.00. The Morgan fingerprint density at radius 1 is 1.03 bits per heavy atom. The Labute approximate surface area is 190 Å². The summed E-state index contributed by atoms with van der Waals surface area (Å²) in [6.07, 6.45) is 9.06. The Balaban J connectivity index is 1.43. The highest BCUT2D eigenvalue weighted by molar-refractivity contribution is 6.13. The van der Waals surface area contributed by atoms with E-state index in [1.165, 1.54) is 0 Å². The maximum Gasteiger partial charge on any atom is 0.256 e. The van der Waals surface area contributed by atoms with Crippen molar-refractivity contribution < 1.29 is 4.79 Å². The summed E-state index contributed by atoms with van der Waals surface area (Å²) in [5.74, 6) is -0.213. The largest absolute Gasteiger partial charge is 0.319 e. The number of amides is 1. The third-order valence-electron chi connectivity index (χ3n) is 5.72. The van der Waals surface area contributed by atoms with E-state index in [0.717, 1.165) is 34.3 Å². The molecule has 0 radical (unpaired) electrons. The fraction of sp³-hybridized carbons (Fsp3) is 0.208. The lowest BCUT2D eigenvalue weighted by atomic mass is 10.0. The molecule has 4 aromatic heterocycles. The van der Waals surface area contributed by atoms with Crippen molar-refractivity contribution in [3.63, 3.8) is 0 Å². The van der Waals surface area contributed by atoms with E-state index in [1.54, 1.807) is 21.8 Å². The van der Waals surface area contributed by atoms with Gasteiger partial charge in [-0.15, -0.1) is 0 Å². The number of pyridine rings is 1. The van der Waals surface area contributed by atoms with Crippen LogP contribution >= 0.6 is 0 Å². The Morgan fingerprint density at radius 3 is 2.61 bits per heavy atom. The molecule has 9 nitrogen and oxygen atoms in total. The first-order valence-corrected chi connectivity index (χ1v) is 10.8. The number of nitrogens with zero attached hydrogens (tertiary/aromatic N) is 7. The topological polar surface area (TPSA) is 95.5 Å². The van der Waals surface area contributed by atoms with Crippen LogP contribution in [-0.4, -0.2) is 40.2 Å². The normalized spacial score (nSPS) is 11.2. The van der Waals surface area contributed by atoms with Gasteiger partial charge in [-0.3, -0.25) is 18.8 Å². The highest BCUT2D eigenvalue weighted by atomic mass is 16.1. The Kier molecular flexibility index (Phi) is 5.21. The fourth-order valence-corrected chi connectivity index (χ4v) is 3.81. The predicted octanol–water partition coefficient (Wildman–Crippen LogP) is 3.66. The smallest absolute Gasteiger partial charge is 0.256 e. The van der Waals surface area contributed by atoms with E-state index in [4.69, 9.17) is 4.98 Å². The number of aromatic nitrogens is 7. The lowest BCUT2D eigenvalue weighted by Crippen LogP contribution is -2.13. The molecule has 9 heteroatoms. The van der Waals surface area contributed by atoms with Crippen molar-refractivity contribution in [2.75, 3.05) is 5.32 Å². The number of hydrogen-bond acceptors (Lipinski definition) is 5. The Hall–Kier alpha value is -4.27. The van der Waals surface area contributed by atoms with E-state index in [0.29, 0.717) is 23.5 Å². The van der Waals surface area contributed by atoms with Gasteiger partial charge in [0, 0.05) is 48.2 Å². The maximum absolute atomic E-state index is 13.3. The molecule has 0 bridgehead atoms. The minimum atomic E-state index is -0.213. The fourth-order valence-electron chi connectivity index (χ4n) is 3.81. The molecule has 0 saturated heterocycles. The van der Waals surface area contributed by atoms with Gasteiger partial charge in [0.15, 0.2) is 0 Å². The number of nitrogens with one attached hydrogen (secondary N) is 1. The van der Waals surface area contributed by atoms with Gasteiger partial charge in [-0.05, 0) is 26.0 Å². The molecule has 1 amide bonds. The molecule has 1 aromatic carbocycles. The zero-order chi connectivity index (χ0) is 22.9. The molecular weight excluding hydrogens is 416 g/mol. The van der Waals surface area contributed by atoms with Crippen molar-refractivity contribution in [3.05, 3.63) is 78.1 Å². The van der Waals surface area contributed by atoms with Gasteiger partial charge < -0.3 is 5.32 Å². The van der Waals surface area contributed by atoms with Crippen LogP contribution in [0.5, 0.6) is 0 Å². The Morgan fingerprint density at radius 2 is 1.85 bits per heavy atom. The molecule has 0 aliphatic rings. The van der Waals surface area contributed by atoms with Gasteiger partial charge in [0.05, 0.1) is 47.6 Å². The number of carbonyl (C=O) groups is 1. The van der Waals surface area contributed by atoms with E-state index in [1.807, 2.05) is 74.5 Å². The molecule has 0 spiro atoms. The molecule has 0 unspecified atom stereocenters. The van der Waals surface area contributed by atoms with Crippen molar-refractivity contribution in [1.29, 1.82) is 0 Å². The number of anilines is 1. The van der Waals surface area contributed by atoms with Crippen LogP contribution < -0.4 is 5.32 Å². The summed E-state index contributed by atoms with van der Waals surface area (Å²) < 4.78 is 5.45. The van der Waals surface area contributed by atoms with Crippen LogP contribution in [0.4, 0.5) is 5.69 Å². The summed E-state index contributed by atoms with van der Waals surface area (Å²) in [6.45, 7) is 5.43. The van der Waals surface area contributed by atoms with Crippen LogP contribution in [-0.2, 0) is 20.1 Å². The second-order valence-corrected chi connectivity index (χ2v) is 7.92. The number of benzene rings is 1. The average molecular weight is 441 g/mol. The minimum absolute atomic E-state index is 0.213.